The molecule has 0 saturated carbocycles. The molecule has 0 aliphatic carbocycles. The Balaban J connectivity index is 1.56. The maximum atomic E-state index is 12.7. The zero-order valence-electron chi connectivity index (χ0n) is 18.4. The second-order valence-corrected chi connectivity index (χ2v) is 8.16. The highest BCUT2D eigenvalue weighted by Crippen LogP contribution is 2.30. The number of anilines is 3. The van der Waals surface area contributed by atoms with Crippen molar-refractivity contribution in [3.05, 3.63) is 48.0 Å². The maximum Gasteiger partial charge on any atom is 0.311 e. The summed E-state index contributed by atoms with van der Waals surface area (Å²) >= 11 is 0. The highest BCUT2D eigenvalue weighted by Gasteiger charge is 2.27. The number of nitrogens with zero attached hydrogens (tertiary/aromatic N) is 5. The second-order valence-electron chi connectivity index (χ2n) is 8.16. The van der Waals surface area contributed by atoms with Crippen LogP contribution in [0.2, 0.25) is 0 Å². The average molecular weight is 447 g/mol. The van der Waals surface area contributed by atoms with Crippen LogP contribution in [0.5, 0.6) is 0 Å². The molecular formula is C23H25N7O3. The van der Waals surface area contributed by atoms with Crippen LogP contribution in [0.3, 0.4) is 0 Å². The minimum absolute atomic E-state index is 0.0864. The van der Waals surface area contributed by atoms with Gasteiger partial charge in [-0.1, -0.05) is 0 Å². The minimum Gasteiger partial charge on any atom is -0.412 e. The fourth-order valence-corrected chi connectivity index (χ4v) is 3.52. The molecular weight excluding hydrogens is 422 g/mol. The van der Waals surface area contributed by atoms with Gasteiger partial charge >= 0.3 is 11.8 Å². The fourth-order valence-electron chi connectivity index (χ4n) is 3.52. The number of carbonyl (C=O) groups is 1. The van der Waals surface area contributed by atoms with Crippen LogP contribution < -0.4 is 10.6 Å². The first-order chi connectivity index (χ1) is 15.9. The van der Waals surface area contributed by atoms with Crippen molar-refractivity contribution < 1.29 is 14.3 Å². The molecule has 0 bridgehead atoms. The molecule has 1 amide bonds. The van der Waals surface area contributed by atoms with Gasteiger partial charge in [0.05, 0.1) is 29.0 Å². The summed E-state index contributed by atoms with van der Waals surface area (Å²) in [5.74, 6) is 0.355. The van der Waals surface area contributed by atoms with Crippen LogP contribution in [0.15, 0.2) is 40.9 Å². The van der Waals surface area contributed by atoms with Crippen molar-refractivity contribution in [1.29, 1.82) is 5.26 Å². The molecule has 0 unspecified atom stereocenters. The van der Waals surface area contributed by atoms with E-state index in [9.17, 15) is 9.90 Å². The minimum atomic E-state index is -0.376. The van der Waals surface area contributed by atoms with Crippen LogP contribution >= 0.6 is 0 Å². The van der Waals surface area contributed by atoms with E-state index in [2.05, 4.69) is 31.9 Å². The summed E-state index contributed by atoms with van der Waals surface area (Å²) in [6, 6.07) is 11.1. The number of likely N-dealkylation sites (tertiary alicyclic amines) is 1. The standard InChI is InChI=1S/C23H25N7O3/c1-14(2)26-19-11-20(27-16-5-3-15(12-24)4-6-16)25-13-18(19)21-28-29-22(33-21)23(32)30-9-7-17(31)8-10-30/h3-6,11,13-14,17,31H,7-10H2,1-2H3,(H2,25,26,27). The smallest absolute Gasteiger partial charge is 0.311 e. The van der Waals surface area contributed by atoms with E-state index in [4.69, 9.17) is 9.68 Å². The lowest BCUT2D eigenvalue weighted by molar-refractivity contribution is 0.0513. The van der Waals surface area contributed by atoms with Gasteiger partial charge in [0.25, 0.3) is 5.89 Å². The number of amides is 1. The van der Waals surface area contributed by atoms with Gasteiger partial charge in [0.1, 0.15) is 5.82 Å². The lowest BCUT2D eigenvalue weighted by Crippen LogP contribution is -2.40. The SMILES string of the molecule is CC(C)Nc1cc(Nc2ccc(C#N)cc2)ncc1-c1nnc(C(=O)N2CCC(O)CC2)o1. The topological polar surface area (TPSA) is 140 Å². The molecule has 1 aromatic carbocycles. The highest BCUT2D eigenvalue weighted by atomic mass is 16.4. The van der Waals surface area contributed by atoms with Crippen molar-refractivity contribution in [3.63, 3.8) is 0 Å². The van der Waals surface area contributed by atoms with Gasteiger partial charge in [-0.05, 0) is 51.0 Å². The molecule has 33 heavy (non-hydrogen) atoms. The van der Waals surface area contributed by atoms with Crippen LogP contribution in [0.1, 0.15) is 42.9 Å². The Hall–Kier alpha value is -3.97. The van der Waals surface area contributed by atoms with E-state index in [0.29, 0.717) is 42.9 Å². The average Bonchev–Trinajstić information content (AvgIpc) is 3.29. The fraction of sp³-hybridized carbons (Fsp3) is 0.348. The van der Waals surface area contributed by atoms with Crippen LogP contribution in [-0.4, -0.2) is 56.3 Å². The number of rotatable bonds is 6. The van der Waals surface area contributed by atoms with E-state index >= 15 is 0 Å². The van der Waals surface area contributed by atoms with Gasteiger partial charge in [-0.3, -0.25) is 4.79 Å². The highest BCUT2D eigenvalue weighted by molar-refractivity contribution is 5.90. The van der Waals surface area contributed by atoms with Gasteiger partial charge in [-0.15, -0.1) is 10.2 Å². The molecule has 10 nitrogen and oxygen atoms in total. The summed E-state index contributed by atoms with van der Waals surface area (Å²) in [6.07, 6.45) is 2.30. The Labute approximate surface area is 191 Å². The van der Waals surface area contributed by atoms with E-state index in [1.807, 2.05) is 19.9 Å². The Kier molecular flexibility index (Phi) is 6.51. The molecule has 1 fully saturated rings. The number of aliphatic hydroxyl groups excluding tert-OH is 1. The van der Waals surface area contributed by atoms with Gasteiger partial charge < -0.3 is 25.1 Å². The second kappa shape index (κ2) is 9.67. The number of nitriles is 1. The predicted octanol–water partition coefficient (Wildman–Crippen LogP) is 3.16. The van der Waals surface area contributed by atoms with Crippen LogP contribution in [-0.2, 0) is 0 Å². The van der Waals surface area contributed by atoms with Crippen molar-refractivity contribution in [1.82, 2.24) is 20.1 Å². The summed E-state index contributed by atoms with van der Waals surface area (Å²) in [5, 5.41) is 33.2. The lowest BCUT2D eigenvalue weighted by atomic mass is 10.1. The number of aliphatic hydroxyl groups is 1. The van der Waals surface area contributed by atoms with E-state index < -0.39 is 0 Å². The largest absolute Gasteiger partial charge is 0.412 e. The molecule has 1 aliphatic rings. The number of piperidine rings is 1. The molecule has 3 N–H and O–H groups in total. The summed E-state index contributed by atoms with van der Waals surface area (Å²) in [4.78, 5) is 18.8. The summed E-state index contributed by atoms with van der Waals surface area (Å²) in [7, 11) is 0. The molecule has 0 spiro atoms. The number of hydrogen-bond acceptors (Lipinski definition) is 9. The van der Waals surface area contributed by atoms with Crippen LogP contribution in [0, 0.1) is 11.3 Å². The summed E-state index contributed by atoms with van der Waals surface area (Å²) in [5.41, 5.74) is 2.67. The van der Waals surface area contributed by atoms with Crippen molar-refractivity contribution >= 4 is 23.1 Å². The van der Waals surface area contributed by atoms with Crippen LogP contribution in [0.4, 0.5) is 17.2 Å². The van der Waals surface area contributed by atoms with Crippen molar-refractivity contribution in [2.75, 3.05) is 23.7 Å². The number of benzene rings is 1. The Morgan fingerprint density at radius 1 is 1.24 bits per heavy atom. The first-order valence-electron chi connectivity index (χ1n) is 10.8. The third kappa shape index (κ3) is 5.27. The van der Waals surface area contributed by atoms with Crippen LogP contribution in [0.25, 0.3) is 11.5 Å². The molecule has 1 saturated heterocycles. The van der Waals surface area contributed by atoms with E-state index in [1.54, 1.807) is 35.4 Å². The third-order valence-corrected chi connectivity index (χ3v) is 5.22. The van der Waals surface area contributed by atoms with E-state index in [-0.39, 0.29) is 29.8 Å². The predicted molar refractivity (Wildman–Crippen MR) is 122 cm³/mol. The zero-order chi connectivity index (χ0) is 23.4. The zero-order valence-corrected chi connectivity index (χ0v) is 18.4. The number of nitrogens with one attached hydrogen (secondary N) is 2. The first-order valence-corrected chi connectivity index (χ1v) is 10.8. The summed E-state index contributed by atoms with van der Waals surface area (Å²) in [6.45, 7) is 4.92. The van der Waals surface area contributed by atoms with Gasteiger partial charge in [-0.25, -0.2) is 4.98 Å². The monoisotopic (exact) mass is 447 g/mol. The molecule has 10 heteroatoms. The van der Waals surface area contributed by atoms with Gasteiger partial charge in [0.15, 0.2) is 0 Å². The first kappa shape index (κ1) is 22.2. The third-order valence-electron chi connectivity index (χ3n) is 5.22. The van der Waals surface area contributed by atoms with Crippen molar-refractivity contribution in [2.24, 2.45) is 0 Å². The Morgan fingerprint density at radius 3 is 2.64 bits per heavy atom. The van der Waals surface area contributed by atoms with E-state index in [1.165, 1.54) is 0 Å². The quantitative estimate of drug-likeness (QED) is 0.519. The maximum absolute atomic E-state index is 12.7. The molecule has 170 valence electrons. The molecule has 2 aromatic heterocycles. The number of carbonyl (C=O) groups excluding carboxylic acids is 1. The normalized spacial score (nSPS) is 14.2. The molecule has 0 atom stereocenters. The molecule has 0 radical (unpaired) electrons. The van der Waals surface area contributed by atoms with Crippen molar-refractivity contribution in [2.45, 2.75) is 38.8 Å². The van der Waals surface area contributed by atoms with Crippen molar-refractivity contribution in [3.8, 4) is 17.5 Å². The number of pyridine rings is 1. The number of hydrogen-bond donors (Lipinski definition) is 3. The lowest BCUT2D eigenvalue weighted by Gasteiger charge is -2.28. The van der Waals surface area contributed by atoms with E-state index in [0.717, 1.165) is 11.4 Å². The molecule has 4 rings (SSSR count). The molecule has 1 aliphatic heterocycles. The Morgan fingerprint density at radius 2 is 1.97 bits per heavy atom. The summed E-state index contributed by atoms with van der Waals surface area (Å²) < 4.78 is 5.71. The number of aromatic nitrogens is 3. The molecule has 3 heterocycles. The molecule has 3 aromatic rings. The Bertz CT molecular complexity index is 1160. The van der Waals surface area contributed by atoms with Gasteiger partial charge in [-0.2, -0.15) is 5.26 Å². The van der Waals surface area contributed by atoms with Gasteiger partial charge in [0.2, 0.25) is 0 Å². The van der Waals surface area contributed by atoms with Gasteiger partial charge in [0, 0.05) is 37.1 Å².